The Morgan fingerprint density at radius 1 is 0.840 bits per heavy atom. The highest BCUT2D eigenvalue weighted by molar-refractivity contribution is 9.10. The van der Waals surface area contributed by atoms with Gasteiger partial charge in [-0.3, -0.25) is 0 Å². The first-order valence-electron chi connectivity index (χ1n) is 8.84. The number of hydrogen-bond donors (Lipinski definition) is 1. The van der Waals surface area contributed by atoms with Crippen molar-refractivity contribution in [2.24, 2.45) is 0 Å². The van der Waals surface area contributed by atoms with Crippen LogP contribution in [-0.2, 0) is 0 Å². The summed E-state index contributed by atoms with van der Waals surface area (Å²) < 4.78 is 1.06. The minimum absolute atomic E-state index is 0.653. The maximum atomic E-state index is 4.88. The number of anilines is 3. The fourth-order valence-electron chi connectivity index (χ4n) is 3.30. The summed E-state index contributed by atoms with van der Waals surface area (Å²) in [5, 5.41) is 4.48. The molecule has 1 saturated heterocycles. The van der Waals surface area contributed by atoms with Gasteiger partial charge >= 0.3 is 0 Å². The maximum absolute atomic E-state index is 4.88. The highest BCUT2D eigenvalue weighted by Gasteiger charge is 2.16. The third-order valence-electron chi connectivity index (χ3n) is 4.59. The zero-order valence-corrected chi connectivity index (χ0v) is 15.7. The van der Waals surface area contributed by atoms with Gasteiger partial charge in [-0.1, -0.05) is 40.9 Å². The second kappa shape index (κ2) is 7.40. The minimum Gasteiger partial charge on any atom is -0.356 e. The molecule has 0 spiro atoms. The number of benzene rings is 2. The lowest BCUT2D eigenvalue weighted by Gasteiger charge is -2.23. The van der Waals surface area contributed by atoms with Crippen molar-refractivity contribution in [3.63, 3.8) is 0 Å². The first-order chi connectivity index (χ1) is 12.3. The Morgan fingerprint density at radius 3 is 2.32 bits per heavy atom. The van der Waals surface area contributed by atoms with Gasteiger partial charge in [0.25, 0.3) is 0 Å². The molecule has 25 heavy (non-hydrogen) atoms. The van der Waals surface area contributed by atoms with Crippen molar-refractivity contribution in [1.29, 1.82) is 0 Å². The van der Waals surface area contributed by atoms with Gasteiger partial charge < -0.3 is 10.2 Å². The van der Waals surface area contributed by atoms with Crippen LogP contribution in [-0.4, -0.2) is 23.1 Å². The van der Waals surface area contributed by atoms with Crippen LogP contribution in [0.4, 0.5) is 17.5 Å². The molecule has 1 aliphatic rings. The molecule has 2 aromatic carbocycles. The number of nitrogens with one attached hydrogen (secondary N) is 1. The fourth-order valence-corrected chi connectivity index (χ4v) is 3.57. The van der Waals surface area contributed by atoms with E-state index in [1.807, 2.05) is 30.3 Å². The molecule has 1 fully saturated rings. The Kier molecular flexibility index (Phi) is 4.83. The lowest BCUT2D eigenvalue weighted by molar-refractivity contribution is 0.726. The van der Waals surface area contributed by atoms with Gasteiger partial charge in [-0.2, -0.15) is 4.98 Å². The van der Waals surface area contributed by atoms with E-state index in [4.69, 9.17) is 9.97 Å². The van der Waals surface area contributed by atoms with Crippen LogP contribution >= 0.6 is 15.9 Å². The summed E-state index contributed by atoms with van der Waals surface area (Å²) >= 11 is 3.47. The topological polar surface area (TPSA) is 41.1 Å². The molecule has 0 saturated carbocycles. The Morgan fingerprint density at radius 2 is 1.56 bits per heavy atom. The molecule has 0 amide bonds. The molecule has 0 unspecified atom stereocenters. The largest absolute Gasteiger partial charge is 0.356 e. The van der Waals surface area contributed by atoms with Crippen molar-refractivity contribution in [1.82, 2.24) is 9.97 Å². The van der Waals surface area contributed by atoms with Crippen LogP contribution in [0, 0.1) is 0 Å². The molecular weight excluding hydrogens is 376 g/mol. The number of nitrogens with zero attached hydrogens (tertiary/aromatic N) is 3. The molecule has 1 N–H and O–H groups in total. The van der Waals surface area contributed by atoms with Gasteiger partial charge in [-0.25, -0.2) is 4.98 Å². The number of fused-ring (bicyclic) bond motifs is 1. The molecule has 5 heteroatoms. The van der Waals surface area contributed by atoms with Crippen LogP contribution in [0.5, 0.6) is 0 Å². The Labute approximate surface area is 156 Å². The first kappa shape index (κ1) is 16.3. The van der Waals surface area contributed by atoms with Crippen LogP contribution in [0.1, 0.15) is 25.7 Å². The molecule has 0 aliphatic carbocycles. The summed E-state index contributed by atoms with van der Waals surface area (Å²) in [7, 11) is 0. The molecule has 4 rings (SSSR count). The highest BCUT2D eigenvalue weighted by Crippen LogP contribution is 2.28. The lowest BCUT2D eigenvalue weighted by atomic mass is 10.2. The number of halogens is 1. The van der Waals surface area contributed by atoms with Gasteiger partial charge in [0.1, 0.15) is 5.82 Å². The molecule has 4 nitrogen and oxygen atoms in total. The van der Waals surface area contributed by atoms with Crippen molar-refractivity contribution < 1.29 is 0 Å². The summed E-state index contributed by atoms with van der Waals surface area (Å²) in [5.41, 5.74) is 1.97. The van der Waals surface area contributed by atoms with Gasteiger partial charge in [-0.05, 0) is 49.2 Å². The second-order valence-corrected chi connectivity index (χ2v) is 7.34. The van der Waals surface area contributed by atoms with E-state index in [0.717, 1.165) is 40.0 Å². The monoisotopic (exact) mass is 396 g/mol. The molecule has 0 atom stereocenters. The average Bonchev–Trinajstić information content (AvgIpc) is 2.92. The van der Waals surface area contributed by atoms with Gasteiger partial charge in [-0.15, -0.1) is 0 Å². The maximum Gasteiger partial charge on any atom is 0.229 e. The molecule has 2 heterocycles. The first-order valence-corrected chi connectivity index (χ1v) is 9.63. The summed E-state index contributed by atoms with van der Waals surface area (Å²) in [6.45, 7) is 2.14. The molecule has 3 aromatic rings. The molecular formula is C20H21BrN4. The van der Waals surface area contributed by atoms with Crippen molar-refractivity contribution in [2.45, 2.75) is 25.7 Å². The number of aromatic nitrogens is 2. The van der Waals surface area contributed by atoms with Crippen molar-refractivity contribution in [2.75, 3.05) is 23.3 Å². The molecule has 1 aliphatic heterocycles. The molecule has 0 bridgehead atoms. The quantitative estimate of drug-likeness (QED) is 0.632. The lowest BCUT2D eigenvalue weighted by Crippen LogP contribution is -2.25. The molecule has 1 aromatic heterocycles. The van der Waals surface area contributed by atoms with Crippen molar-refractivity contribution in [3.8, 4) is 0 Å². The SMILES string of the molecule is Brc1ccc(Nc2nc(N3CCCCCC3)c3ccccc3n2)cc1. The summed E-state index contributed by atoms with van der Waals surface area (Å²) in [4.78, 5) is 12.0. The zero-order valence-electron chi connectivity index (χ0n) is 14.1. The van der Waals surface area contributed by atoms with Crippen LogP contribution < -0.4 is 10.2 Å². The van der Waals surface area contributed by atoms with Crippen LogP contribution in [0.3, 0.4) is 0 Å². The van der Waals surface area contributed by atoms with E-state index in [1.165, 1.54) is 25.7 Å². The van der Waals surface area contributed by atoms with E-state index < -0.39 is 0 Å². The normalized spacial score (nSPS) is 15.2. The van der Waals surface area contributed by atoms with E-state index in [0.29, 0.717) is 5.95 Å². The summed E-state index contributed by atoms with van der Waals surface area (Å²) in [5.74, 6) is 1.70. The fraction of sp³-hybridized carbons (Fsp3) is 0.300. The smallest absolute Gasteiger partial charge is 0.229 e. The van der Waals surface area contributed by atoms with Crippen LogP contribution in [0.15, 0.2) is 53.0 Å². The summed E-state index contributed by atoms with van der Waals surface area (Å²) in [6.07, 6.45) is 5.08. The second-order valence-electron chi connectivity index (χ2n) is 6.42. The van der Waals surface area contributed by atoms with E-state index in [1.54, 1.807) is 0 Å². The van der Waals surface area contributed by atoms with Gasteiger partial charge in [0.2, 0.25) is 5.95 Å². The summed E-state index contributed by atoms with van der Waals surface area (Å²) in [6, 6.07) is 16.4. The van der Waals surface area contributed by atoms with Crippen molar-refractivity contribution >= 4 is 44.3 Å². The highest BCUT2D eigenvalue weighted by atomic mass is 79.9. The van der Waals surface area contributed by atoms with Crippen LogP contribution in [0.2, 0.25) is 0 Å². The minimum atomic E-state index is 0.653. The van der Waals surface area contributed by atoms with E-state index in [-0.39, 0.29) is 0 Å². The van der Waals surface area contributed by atoms with Gasteiger partial charge in [0.15, 0.2) is 0 Å². The van der Waals surface area contributed by atoms with Gasteiger partial charge in [0.05, 0.1) is 5.52 Å². The Balaban J connectivity index is 1.73. The van der Waals surface area contributed by atoms with Gasteiger partial charge in [0, 0.05) is 28.6 Å². The Bertz CT molecular complexity index is 855. The van der Waals surface area contributed by atoms with Crippen molar-refractivity contribution in [3.05, 3.63) is 53.0 Å². The van der Waals surface area contributed by atoms with E-state index >= 15 is 0 Å². The van der Waals surface area contributed by atoms with E-state index in [9.17, 15) is 0 Å². The average molecular weight is 397 g/mol. The number of rotatable bonds is 3. The number of hydrogen-bond acceptors (Lipinski definition) is 4. The predicted octanol–water partition coefficient (Wildman–Crippen LogP) is 5.52. The third-order valence-corrected chi connectivity index (χ3v) is 5.12. The third kappa shape index (κ3) is 3.76. The molecule has 0 radical (unpaired) electrons. The van der Waals surface area contributed by atoms with E-state index in [2.05, 4.69) is 44.3 Å². The number of para-hydroxylation sites is 1. The predicted molar refractivity (Wildman–Crippen MR) is 108 cm³/mol. The molecule has 128 valence electrons. The standard InChI is InChI=1S/C20H21BrN4/c21-15-9-11-16(12-10-15)22-20-23-18-8-4-3-7-17(18)19(24-20)25-13-5-1-2-6-14-25/h3-4,7-12H,1-2,5-6,13-14H2,(H,22,23,24). The Hall–Kier alpha value is -2.14. The zero-order chi connectivity index (χ0) is 17.1. The van der Waals surface area contributed by atoms with Crippen LogP contribution in [0.25, 0.3) is 10.9 Å².